The third kappa shape index (κ3) is 1.48. The SMILES string of the molecule is O=c1[nH]c2ccccc2n1-c1cccc2cccnc12. The summed E-state index contributed by atoms with van der Waals surface area (Å²) in [5, 5.41) is 1.02. The van der Waals surface area contributed by atoms with Crippen LogP contribution in [-0.4, -0.2) is 14.5 Å². The molecule has 0 aliphatic carbocycles. The maximum absolute atomic E-state index is 12.3. The number of nitrogens with one attached hydrogen (secondary N) is 1. The van der Waals surface area contributed by atoms with Crippen LogP contribution < -0.4 is 5.69 Å². The molecule has 2 heterocycles. The first-order chi connectivity index (χ1) is 9.84. The summed E-state index contributed by atoms with van der Waals surface area (Å²) in [5.74, 6) is 0. The van der Waals surface area contributed by atoms with Gasteiger partial charge in [0.15, 0.2) is 0 Å². The first-order valence-corrected chi connectivity index (χ1v) is 6.38. The Hall–Kier alpha value is -2.88. The fourth-order valence-corrected chi connectivity index (χ4v) is 2.56. The number of para-hydroxylation sites is 3. The quantitative estimate of drug-likeness (QED) is 0.572. The molecule has 0 unspecified atom stereocenters. The summed E-state index contributed by atoms with van der Waals surface area (Å²) in [6, 6.07) is 17.4. The molecular formula is C16H11N3O. The molecule has 0 saturated carbocycles. The fourth-order valence-electron chi connectivity index (χ4n) is 2.56. The highest BCUT2D eigenvalue weighted by Crippen LogP contribution is 2.22. The van der Waals surface area contributed by atoms with E-state index < -0.39 is 0 Å². The number of imidazole rings is 1. The number of pyridine rings is 1. The number of rotatable bonds is 1. The highest BCUT2D eigenvalue weighted by Gasteiger charge is 2.11. The van der Waals surface area contributed by atoms with E-state index in [4.69, 9.17) is 0 Å². The van der Waals surface area contributed by atoms with E-state index in [0.29, 0.717) is 0 Å². The molecule has 2 aromatic carbocycles. The summed E-state index contributed by atoms with van der Waals surface area (Å²) in [6.07, 6.45) is 1.74. The molecule has 0 radical (unpaired) electrons. The first kappa shape index (κ1) is 11.0. The van der Waals surface area contributed by atoms with Gasteiger partial charge in [0.1, 0.15) is 0 Å². The van der Waals surface area contributed by atoms with Gasteiger partial charge >= 0.3 is 5.69 Å². The predicted octanol–water partition coefficient (Wildman–Crippen LogP) is 2.87. The van der Waals surface area contributed by atoms with E-state index in [1.54, 1.807) is 10.8 Å². The minimum absolute atomic E-state index is 0.149. The molecule has 0 amide bonds. The van der Waals surface area contributed by atoms with Gasteiger partial charge in [-0.1, -0.05) is 30.3 Å². The Labute approximate surface area is 114 Å². The van der Waals surface area contributed by atoms with Gasteiger partial charge < -0.3 is 4.98 Å². The van der Waals surface area contributed by atoms with Gasteiger partial charge in [0.05, 0.1) is 22.2 Å². The van der Waals surface area contributed by atoms with Crippen molar-refractivity contribution in [3.8, 4) is 5.69 Å². The van der Waals surface area contributed by atoms with Crippen LogP contribution >= 0.6 is 0 Å². The molecule has 1 N–H and O–H groups in total. The Morgan fingerprint density at radius 3 is 2.75 bits per heavy atom. The summed E-state index contributed by atoms with van der Waals surface area (Å²) in [6.45, 7) is 0. The monoisotopic (exact) mass is 261 g/mol. The lowest BCUT2D eigenvalue weighted by molar-refractivity contribution is 1.02. The van der Waals surface area contributed by atoms with Gasteiger partial charge in [-0.3, -0.25) is 9.55 Å². The van der Waals surface area contributed by atoms with E-state index in [9.17, 15) is 4.79 Å². The molecule has 4 aromatic rings. The highest BCUT2D eigenvalue weighted by atomic mass is 16.1. The Morgan fingerprint density at radius 1 is 0.950 bits per heavy atom. The molecule has 0 bridgehead atoms. The number of benzene rings is 2. The maximum Gasteiger partial charge on any atom is 0.331 e. The molecular weight excluding hydrogens is 250 g/mol. The zero-order valence-corrected chi connectivity index (χ0v) is 10.6. The van der Waals surface area contributed by atoms with Crippen LogP contribution in [0.3, 0.4) is 0 Å². The Balaban J connectivity index is 2.17. The molecule has 4 rings (SSSR count). The minimum Gasteiger partial charge on any atom is -0.305 e. The lowest BCUT2D eigenvalue weighted by Gasteiger charge is -2.06. The second-order valence-electron chi connectivity index (χ2n) is 4.63. The van der Waals surface area contributed by atoms with Gasteiger partial charge in [-0.2, -0.15) is 0 Å². The molecule has 96 valence electrons. The average Bonchev–Trinajstić information content (AvgIpc) is 2.82. The average molecular weight is 261 g/mol. The zero-order valence-electron chi connectivity index (χ0n) is 10.6. The third-order valence-corrected chi connectivity index (χ3v) is 3.44. The van der Waals surface area contributed by atoms with Crippen molar-refractivity contribution in [1.82, 2.24) is 14.5 Å². The number of nitrogens with zero attached hydrogens (tertiary/aromatic N) is 2. The number of fused-ring (bicyclic) bond motifs is 2. The summed E-state index contributed by atoms with van der Waals surface area (Å²) >= 11 is 0. The number of aromatic nitrogens is 3. The first-order valence-electron chi connectivity index (χ1n) is 6.38. The predicted molar refractivity (Wildman–Crippen MR) is 79.2 cm³/mol. The summed E-state index contributed by atoms with van der Waals surface area (Å²) in [7, 11) is 0. The van der Waals surface area contributed by atoms with E-state index in [0.717, 1.165) is 27.6 Å². The molecule has 0 fully saturated rings. The van der Waals surface area contributed by atoms with Crippen LogP contribution in [-0.2, 0) is 0 Å². The van der Waals surface area contributed by atoms with Gasteiger partial charge in [-0.25, -0.2) is 4.79 Å². The largest absolute Gasteiger partial charge is 0.331 e. The second-order valence-corrected chi connectivity index (χ2v) is 4.63. The summed E-state index contributed by atoms with van der Waals surface area (Å²) in [4.78, 5) is 19.5. The lowest BCUT2D eigenvalue weighted by atomic mass is 10.2. The molecule has 0 saturated heterocycles. The normalized spacial score (nSPS) is 11.2. The van der Waals surface area contributed by atoms with Crippen LogP contribution in [0.15, 0.2) is 65.6 Å². The molecule has 2 aromatic heterocycles. The second kappa shape index (κ2) is 4.06. The third-order valence-electron chi connectivity index (χ3n) is 3.44. The van der Waals surface area contributed by atoms with E-state index in [1.165, 1.54) is 0 Å². The molecule has 4 nitrogen and oxygen atoms in total. The minimum atomic E-state index is -0.149. The van der Waals surface area contributed by atoms with Crippen molar-refractivity contribution in [2.75, 3.05) is 0 Å². The van der Waals surface area contributed by atoms with Crippen molar-refractivity contribution in [1.29, 1.82) is 0 Å². The van der Waals surface area contributed by atoms with E-state index in [2.05, 4.69) is 9.97 Å². The van der Waals surface area contributed by atoms with Crippen molar-refractivity contribution < 1.29 is 0 Å². The van der Waals surface area contributed by atoms with Gasteiger partial charge in [0, 0.05) is 11.6 Å². The van der Waals surface area contributed by atoms with E-state index >= 15 is 0 Å². The van der Waals surface area contributed by atoms with Crippen molar-refractivity contribution in [2.24, 2.45) is 0 Å². The molecule has 4 heteroatoms. The van der Waals surface area contributed by atoms with Crippen LogP contribution in [0.2, 0.25) is 0 Å². The van der Waals surface area contributed by atoms with Gasteiger partial charge in [-0.05, 0) is 24.3 Å². The maximum atomic E-state index is 12.3. The van der Waals surface area contributed by atoms with Crippen LogP contribution in [0.4, 0.5) is 0 Å². The van der Waals surface area contributed by atoms with Crippen LogP contribution in [0.25, 0.3) is 27.6 Å². The van der Waals surface area contributed by atoms with Crippen molar-refractivity contribution in [2.45, 2.75) is 0 Å². The van der Waals surface area contributed by atoms with Crippen LogP contribution in [0.1, 0.15) is 0 Å². The molecule has 0 aliphatic heterocycles. The molecule has 20 heavy (non-hydrogen) atoms. The van der Waals surface area contributed by atoms with Crippen LogP contribution in [0, 0.1) is 0 Å². The molecule has 0 aliphatic rings. The highest BCUT2D eigenvalue weighted by molar-refractivity contribution is 5.89. The van der Waals surface area contributed by atoms with Gasteiger partial charge in [0.2, 0.25) is 0 Å². The topological polar surface area (TPSA) is 50.7 Å². The Kier molecular flexibility index (Phi) is 2.23. The van der Waals surface area contributed by atoms with Gasteiger partial charge in [-0.15, -0.1) is 0 Å². The molecule has 0 atom stereocenters. The van der Waals surface area contributed by atoms with Gasteiger partial charge in [0.25, 0.3) is 0 Å². The van der Waals surface area contributed by atoms with E-state index in [1.807, 2.05) is 54.6 Å². The fraction of sp³-hybridized carbons (Fsp3) is 0. The Morgan fingerprint density at radius 2 is 1.80 bits per heavy atom. The van der Waals surface area contributed by atoms with Crippen molar-refractivity contribution in [3.63, 3.8) is 0 Å². The zero-order chi connectivity index (χ0) is 13.5. The van der Waals surface area contributed by atoms with Crippen LogP contribution in [0.5, 0.6) is 0 Å². The smallest absolute Gasteiger partial charge is 0.305 e. The van der Waals surface area contributed by atoms with Crippen molar-refractivity contribution >= 4 is 21.9 Å². The number of H-pyrrole nitrogens is 1. The van der Waals surface area contributed by atoms with Crippen molar-refractivity contribution in [3.05, 3.63) is 71.3 Å². The standard InChI is InChI=1S/C16H11N3O/c20-16-18-12-7-1-2-8-13(12)19(16)14-9-3-5-11-6-4-10-17-15(11)14/h1-10H,(H,18,20). The number of hydrogen-bond acceptors (Lipinski definition) is 2. The summed E-state index contributed by atoms with van der Waals surface area (Å²) < 4.78 is 1.67. The van der Waals surface area contributed by atoms with E-state index in [-0.39, 0.29) is 5.69 Å². The lowest BCUT2D eigenvalue weighted by Crippen LogP contribution is -2.15. The Bertz CT molecular complexity index is 976. The summed E-state index contributed by atoms with van der Waals surface area (Å²) in [5.41, 5.74) is 3.15. The number of aromatic amines is 1. The number of hydrogen-bond donors (Lipinski definition) is 1. The molecule has 0 spiro atoms.